The Bertz CT molecular complexity index is 375. The Morgan fingerprint density at radius 2 is 2.44 bits per heavy atom. The second-order valence-corrected chi connectivity index (χ2v) is 5.18. The van der Waals surface area contributed by atoms with Crippen molar-refractivity contribution in [3.8, 4) is 0 Å². The molecular formula is C12H18N2OS. The molecule has 4 heteroatoms. The van der Waals surface area contributed by atoms with Gasteiger partial charge in [-0.1, -0.05) is 6.92 Å². The number of rotatable bonds is 2. The van der Waals surface area contributed by atoms with Gasteiger partial charge in [-0.25, -0.2) is 4.98 Å². The molecular weight excluding hydrogens is 220 g/mol. The number of carbonyl (C=O) groups is 1. The summed E-state index contributed by atoms with van der Waals surface area (Å²) in [5, 5.41) is 0. The van der Waals surface area contributed by atoms with Gasteiger partial charge in [0.05, 0.1) is 11.2 Å². The molecule has 88 valence electrons. The van der Waals surface area contributed by atoms with E-state index in [0.717, 1.165) is 36.4 Å². The summed E-state index contributed by atoms with van der Waals surface area (Å²) in [4.78, 5) is 19.4. The lowest BCUT2D eigenvalue weighted by Crippen LogP contribution is -2.43. The van der Waals surface area contributed by atoms with Crippen LogP contribution in [0.1, 0.15) is 48.0 Å². The third-order valence-corrected chi connectivity index (χ3v) is 4.22. The number of likely N-dealkylation sites (tertiary alicyclic amines) is 1. The average molecular weight is 238 g/mol. The maximum atomic E-state index is 12.3. The van der Waals surface area contributed by atoms with Crippen molar-refractivity contribution in [3.05, 3.63) is 16.1 Å². The van der Waals surface area contributed by atoms with E-state index in [9.17, 15) is 4.79 Å². The average Bonchev–Trinajstić information content (AvgIpc) is 2.74. The van der Waals surface area contributed by atoms with Gasteiger partial charge in [-0.2, -0.15) is 0 Å². The third-order valence-electron chi connectivity index (χ3n) is 3.30. The zero-order valence-electron chi connectivity index (χ0n) is 9.90. The van der Waals surface area contributed by atoms with Crippen molar-refractivity contribution in [2.75, 3.05) is 6.54 Å². The zero-order valence-corrected chi connectivity index (χ0v) is 10.7. The Hall–Kier alpha value is -0.900. The lowest BCUT2D eigenvalue weighted by molar-refractivity contribution is 0.0612. The highest BCUT2D eigenvalue weighted by atomic mass is 32.1. The van der Waals surface area contributed by atoms with Crippen LogP contribution in [0, 0.1) is 6.92 Å². The number of aromatic nitrogens is 1. The van der Waals surface area contributed by atoms with Crippen LogP contribution in [0.25, 0.3) is 0 Å². The van der Waals surface area contributed by atoms with Gasteiger partial charge >= 0.3 is 0 Å². The summed E-state index contributed by atoms with van der Waals surface area (Å²) in [5.41, 5.74) is 2.63. The molecule has 0 aromatic carbocycles. The number of hydrogen-bond donors (Lipinski definition) is 0. The van der Waals surface area contributed by atoms with E-state index in [2.05, 4.69) is 11.9 Å². The molecule has 1 aliphatic rings. The van der Waals surface area contributed by atoms with E-state index in [4.69, 9.17) is 0 Å². The normalized spacial score (nSPS) is 21.1. The van der Waals surface area contributed by atoms with Crippen molar-refractivity contribution in [2.45, 2.75) is 45.6 Å². The number of carbonyl (C=O) groups excluding carboxylic acids is 1. The highest BCUT2D eigenvalue weighted by Gasteiger charge is 2.27. The van der Waals surface area contributed by atoms with E-state index in [-0.39, 0.29) is 5.91 Å². The highest BCUT2D eigenvalue weighted by Crippen LogP contribution is 2.24. The summed E-state index contributed by atoms with van der Waals surface area (Å²) >= 11 is 1.46. The van der Waals surface area contributed by atoms with Crippen LogP contribution in [0.15, 0.2) is 5.51 Å². The number of aryl methyl sites for hydroxylation is 1. The Labute approximate surface area is 100 Å². The van der Waals surface area contributed by atoms with Crippen LogP contribution in [-0.2, 0) is 0 Å². The molecule has 0 bridgehead atoms. The Morgan fingerprint density at radius 3 is 3.06 bits per heavy atom. The number of thiazole rings is 1. The fraction of sp³-hybridized carbons (Fsp3) is 0.667. The first-order valence-corrected chi connectivity index (χ1v) is 6.83. The highest BCUT2D eigenvalue weighted by molar-refractivity contribution is 7.11. The van der Waals surface area contributed by atoms with Crippen molar-refractivity contribution >= 4 is 17.2 Å². The molecule has 1 aliphatic heterocycles. The molecule has 3 nitrogen and oxygen atoms in total. The van der Waals surface area contributed by atoms with Gasteiger partial charge in [-0.15, -0.1) is 11.3 Å². The largest absolute Gasteiger partial charge is 0.335 e. The van der Waals surface area contributed by atoms with E-state index in [1.807, 2.05) is 11.8 Å². The monoisotopic (exact) mass is 238 g/mol. The smallest absolute Gasteiger partial charge is 0.266 e. The fourth-order valence-electron chi connectivity index (χ4n) is 2.33. The van der Waals surface area contributed by atoms with E-state index in [0.29, 0.717) is 6.04 Å². The van der Waals surface area contributed by atoms with Crippen LogP contribution in [0.3, 0.4) is 0 Å². The second kappa shape index (κ2) is 4.95. The van der Waals surface area contributed by atoms with Crippen LogP contribution in [-0.4, -0.2) is 28.4 Å². The number of piperidine rings is 1. The van der Waals surface area contributed by atoms with Gasteiger partial charge in [0.15, 0.2) is 0 Å². The number of amides is 1. The molecule has 1 amide bonds. The minimum atomic E-state index is 0.187. The lowest BCUT2D eigenvalue weighted by atomic mass is 10.00. The van der Waals surface area contributed by atoms with Crippen LogP contribution in [0.2, 0.25) is 0 Å². The first kappa shape index (κ1) is 11.6. The molecule has 1 fully saturated rings. The summed E-state index contributed by atoms with van der Waals surface area (Å²) in [6.45, 7) is 4.99. The molecule has 16 heavy (non-hydrogen) atoms. The predicted octanol–water partition coefficient (Wildman–Crippen LogP) is 2.86. The quantitative estimate of drug-likeness (QED) is 0.793. The minimum absolute atomic E-state index is 0.187. The number of hydrogen-bond acceptors (Lipinski definition) is 3. The molecule has 0 radical (unpaired) electrons. The molecule has 2 heterocycles. The number of nitrogens with zero attached hydrogens (tertiary/aromatic N) is 2. The van der Waals surface area contributed by atoms with Crippen LogP contribution >= 0.6 is 11.3 Å². The predicted molar refractivity (Wildman–Crippen MR) is 65.8 cm³/mol. The van der Waals surface area contributed by atoms with E-state index < -0.39 is 0 Å². The SMILES string of the molecule is CC[C@H]1CCCCN1C(=O)c1scnc1C. The first-order chi connectivity index (χ1) is 7.74. The van der Waals surface area contributed by atoms with Crippen molar-refractivity contribution in [2.24, 2.45) is 0 Å². The molecule has 1 aromatic rings. The van der Waals surface area contributed by atoms with E-state index in [1.54, 1.807) is 5.51 Å². The van der Waals surface area contributed by atoms with Gasteiger partial charge in [0.25, 0.3) is 5.91 Å². The van der Waals surface area contributed by atoms with Crippen LogP contribution in [0.4, 0.5) is 0 Å². The molecule has 1 atom stereocenters. The molecule has 1 aromatic heterocycles. The lowest BCUT2D eigenvalue weighted by Gasteiger charge is -2.35. The molecule has 2 rings (SSSR count). The van der Waals surface area contributed by atoms with Gasteiger partial charge in [0.2, 0.25) is 0 Å². The maximum absolute atomic E-state index is 12.3. The van der Waals surface area contributed by atoms with E-state index >= 15 is 0 Å². The molecule has 1 saturated heterocycles. The van der Waals surface area contributed by atoms with Gasteiger partial charge in [0, 0.05) is 12.6 Å². The van der Waals surface area contributed by atoms with Gasteiger partial charge in [-0.05, 0) is 32.6 Å². The third kappa shape index (κ3) is 2.12. The molecule has 0 saturated carbocycles. The zero-order chi connectivity index (χ0) is 11.5. The van der Waals surface area contributed by atoms with Crippen LogP contribution < -0.4 is 0 Å². The Morgan fingerprint density at radius 1 is 1.62 bits per heavy atom. The molecule has 0 spiro atoms. The summed E-state index contributed by atoms with van der Waals surface area (Å²) in [6, 6.07) is 0.433. The van der Waals surface area contributed by atoms with Crippen LogP contribution in [0.5, 0.6) is 0 Å². The fourth-order valence-corrected chi connectivity index (χ4v) is 3.09. The van der Waals surface area contributed by atoms with E-state index in [1.165, 1.54) is 17.8 Å². The summed E-state index contributed by atoms with van der Waals surface area (Å²) in [5.74, 6) is 0.187. The second-order valence-electron chi connectivity index (χ2n) is 4.32. The topological polar surface area (TPSA) is 33.2 Å². The summed E-state index contributed by atoms with van der Waals surface area (Å²) in [7, 11) is 0. The molecule has 0 unspecified atom stereocenters. The van der Waals surface area contributed by atoms with Crippen molar-refractivity contribution in [1.29, 1.82) is 0 Å². The van der Waals surface area contributed by atoms with Crippen molar-refractivity contribution in [1.82, 2.24) is 9.88 Å². The van der Waals surface area contributed by atoms with Crippen molar-refractivity contribution in [3.63, 3.8) is 0 Å². The summed E-state index contributed by atoms with van der Waals surface area (Å²) < 4.78 is 0. The molecule has 0 N–H and O–H groups in total. The minimum Gasteiger partial charge on any atom is -0.335 e. The van der Waals surface area contributed by atoms with Gasteiger partial charge in [0.1, 0.15) is 4.88 Å². The Balaban J connectivity index is 2.17. The van der Waals surface area contributed by atoms with Gasteiger partial charge < -0.3 is 4.90 Å². The first-order valence-electron chi connectivity index (χ1n) is 5.95. The molecule has 0 aliphatic carbocycles. The Kier molecular flexibility index (Phi) is 3.59. The van der Waals surface area contributed by atoms with Gasteiger partial charge in [-0.3, -0.25) is 4.79 Å². The standard InChI is InChI=1S/C12H18N2OS/c1-3-10-6-4-5-7-14(10)12(15)11-9(2)13-8-16-11/h8,10H,3-7H2,1-2H3/t10-/m0/s1. The maximum Gasteiger partial charge on any atom is 0.266 e. The van der Waals surface area contributed by atoms with Crippen molar-refractivity contribution < 1.29 is 4.79 Å². The summed E-state index contributed by atoms with van der Waals surface area (Å²) in [6.07, 6.45) is 4.60.